The van der Waals surface area contributed by atoms with Gasteiger partial charge in [0.25, 0.3) is 0 Å². The van der Waals surface area contributed by atoms with Gasteiger partial charge < -0.3 is 40.0 Å². The largest absolute Gasteiger partial charge is 0.395 e. The molecule has 6 aromatic carbocycles. The van der Waals surface area contributed by atoms with E-state index in [0.29, 0.717) is 11.1 Å². The van der Waals surface area contributed by atoms with Gasteiger partial charge in [0.15, 0.2) is 0 Å². The molecule has 9 nitrogen and oxygen atoms in total. The summed E-state index contributed by atoms with van der Waals surface area (Å²) >= 11 is 0. The Morgan fingerprint density at radius 3 is 0.981 bits per heavy atom. The van der Waals surface area contributed by atoms with Crippen LogP contribution in [0.15, 0.2) is 158 Å². The predicted octanol–water partition coefficient (Wildman–Crippen LogP) is 6.98. The molecule has 6 rings (SSSR count). The van der Waals surface area contributed by atoms with Crippen molar-refractivity contribution in [2.75, 3.05) is 19.8 Å². The molecular formula is C41H40O9P2. The quantitative estimate of drug-likeness (QED) is 0.0617. The van der Waals surface area contributed by atoms with Crippen LogP contribution in [0.2, 0.25) is 0 Å². The maximum Gasteiger partial charge on any atom is 0.334 e. The van der Waals surface area contributed by atoms with Crippen LogP contribution in [0, 0.1) is 5.41 Å². The molecule has 0 unspecified atom stereocenters. The van der Waals surface area contributed by atoms with Crippen LogP contribution in [0.4, 0.5) is 0 Å². The Hall–Kier alpha value is -4.18. The molecule has 0 radical (unpaired) electrons. The SMILES string of the molecule is OCC(CO)(CO)C(O)(c1ccc(-c2ccccc2)cc1-c1ccccc1)c1ccc(-c2ccccc2)cc1-c1ccccc1.OP(O)OP(O)O. The molecule has 0 aliphatic carbocycles. The number of aliphatic hydroxyl groups is 4. The van der Waals surface area contributed by atoms with E-state index in [1.54, 1.807) is 0 Å². The zero-order valence-corrected chi connectivity index (χ0v) is 29.8. The Labute approximate surface area is 305 Å². The highest BCUT2D eigenvalue weighted by molar-refractivity contribution is 7.53. The summed E-state index contributed by atoms with van der Waals surface area (Å²) in [6, 6.07) is 51.2. The molecule has 0 aliphatic heterocycles. The van der Waals surface area contributed by atoms with Crippen LogP contribution < -0.4 is 0 Å². The standard InChI is InChI=1S/C41H36O4.H4O5P2/c42-27-40(28-43,29-44)41(45,38-23-21-34(30-13-5-1-6-14-30)25-36(38)32-17-9-3-10-18-32)39-24-22-35(31-15-7-2-8-16-31)26-37(39)33-19-11-4-12-20-33;1-6(2)5-7(3)4/h1-26,42-45H,27-29H2;1-4H. The molecule has 0 fully saturated rings. The van der Waals surface area contributed by atoms with E-state index < -0.39 is 48.0 Å². The second kappa shape index (κ2) is 18.0. The van der Waals surface area contributed by atoms with Gasteiger partial charge in [0.1, 0.15) is 5.60 Å². The van der Waals surface area contributed by atoms with E-state index in [2.05, 4.69) is 4.31 Å². The van der Waals surface area contributed by atoms with E-state index in [-0.39, 0.29) is 0 Å². The summed E-state index contributed by atoms with van der Waals surface area (Å²) in [4.78, 5) is 31.3. The minimum atomic E-state index is -2.61. The molecule has 0 amide bonds. The highest BCUT2D eigenvalue weighted by Crippen LogP contribution is 2.52. The second-order valence-corrected chi connectivity index (χ2v) is 13.7. The first-order chi connectivity index (χ1) is 25.2. The average molecular weight is 739 g/mol. The molecule has 8 N–H and O–H groups in total. The van der Waals surface area contributed by atoms with Gasteiger partial charge in [-0.05, 0) is 67.8 Å². The van der Waals surface area contributed by atoms with Gasteiger partial charge in [0.2, 0.25) is 0 Å². The van der Waals surface area contributed by atoms with Gasteiger partial charge >= 0.3 is 17.2 Å². The summed E-state index contributed by atoms with van der Waals surface area (Å²) in [6.07, 6.45) is 0. The van der Waals surface area contributed by atoms with Crippen molar-refractivity contribution in [3.63, 3.8) is 0 Å². The summed E-state index contributed by atoms with van der Waals surface area (Å²) < 4.78 is 3.60. The van der Waals surface area contributed by atoms with Gasteiger partial charge in [-0.1, -0.05) is 146 Å². The van der Waals surface area contributed by atoms with Crippen LogP contribution in [-0.2, 0) is 9.91 Å². The summed E-state index contributed by atoms with van der Waals surface area (Å²) in [5.41, 5.74) is 4.24. The lowest BCUT2D eigenvalue weighted by molar-refractivity contribution is -0.135. The molecule has 11 heteroatoms. The van der Waals surface area contributed by atoms with Crippen LogP contribution in [0.5, 0.6) is 0 Å². The summed E-state index contributed by atoms with van der Waals surface area (Å²) in [5, 5.41) is 46.2. The van der Waals surface area contributed by atoms with E-state index in [9.17, 15) is 20.4 Å². The molecule has 0 atom stereocenters. The van der Waals surface area contributed by atoms with Gasteiger partial charge in [-0.25, -0.2) is 4.31 Å². The van der Waals surface area contributed by atoms with Gasteiger partial charge in [0.05, 0.1) is 25.2 Å². The predicted molar refractivity (Wildman–Crippen MR) is 205 cm³/mol. The lowest BCUT2D eigenvalue weighted by Gasteiger charge is -2.46. The lowest BCUT2D eigenvalue weighted by atomic mass is 9.63. The number of rotatable bonds is 12. The van der Waals surface area contributed by atoms with Crippen LogP contribution in [0.25, 0.3) is 44.5 Å². The summed E-state index contributed by atoms with van der Waals surface area (Å²) in [7, 11) is -5.22. The van der Waals surface area contributed by atoms with E-state index in [1.807, 2.05) is 158 Å². The van der Waals surface area contributed by atoms with Crippen molar-refractivity contribution in [3.05, 3.63) is 169 Å². The van der Waals surface area contributed by atoms with Crippen LogP contribution in [0.3, 0.4) is 0 Å². The normalized spacial score (nSPS) is 11.7. The third-order valence-corrected chi connectivity index (χ3v) is 10.2. The zero-order valence-electron chi connectivity index (χ0n) is 28.0. The fourth-order valence-electron chi connectivity index (χ4n) is 6.33. The number of aliphatic hydroxyl groups excluding tert-OH is 3. The molecule has 0 saturated carbocycles. The second-order valence-electron chi connectivity index (χ2n) is 12.0. The molecule has 6 aromatic rings. The van der Waals surface area contributed by atoms with E-state index in [4.69, 9.17) is 19.6 Å². The van der Waals surface area contributed by atoms with Gasteiger partial charge in [-0.15, -0.1) is 0 Å². The van der Waals surface area contributed by atoms with Gasteiger partial charge in [-0.2, -0.15) is 0 Å². The van der Waals surface area contributed by atoms with E-state index >= 15 is 0 Å². The molecular weight excluding hydrogens is 698 g/mol. The Bertz CT molecular complexity index is 1850. The molecule has 268 valence electrons. The number of hydrogen-bond acceptors (Lipinski definition) is 9. The van der Waals surface area contributed by atoms with E-state index in [1.165, 1.54) is 0 Å². The molecule has 0 spiro atoms. The van der Waals surface area contributed by atoms with Crippen molar-refractivity contribution in [1.82, 2.24) is 0 Å². The summed E-state index contributed by atoms with van der Waals surface area (Å²) in [6.45, 7) is -2.00. The first-order valence-corrected chi connectivity index (χ1v) is 18.6. The number of hydrogen-bond donors (Lipinski definition) is 8. The Balaban J connectivity index is 0.000000679. The highest BCUT2D eigenvalue weighted by atomic mass is 31.2. The van der Waals surface area contributed by atoms with Gasteiger partial charge in [-0.3, -0.25) is 0 Å². The summed E-state index contributed by atoms with van der Waals surface area (Å²) in [5.74, 6) is 0. The highest BCUT2D eigenvalue weighted by Gasteiger charge is 2.54. The molecule has 0 aliphatic rings. The van der Waals surface area contributed by atoms with Crippen molar-refractivity contribution in [1.29, 1.82) is 0 Å². The molecule has 0 heterocycles. The molecule has 0 aromatic heterocycles. The smallest absolute Gasteiger partial charge is 0.334 e. The molecule has 0 saturated heterocycles. The van der Waals surface area contributed by atoms with Crippen molar-refractivity contribution in [2.24, 2.45) is 5.41 Å². The van der Waals surface area contributed by atoms with Crippen molar-refractivity contribution < 1.29 is 44.3 Å². The number of benzene rings is 6. The monoisotopic (exact) mass is 738 g/mol. The topological polar surface area (TPSA) is 171 Å². The van der Waals surface area contributed by atoms with Crippen LogP contribution in [-0.4, -0.2) is 59.8 Å². The van der Waals surface area contributed by atoms with Crippen LogP contribution >= 0.6 is 17.2 Å². The molecule has 52 heavy (non-hydrogen) atoms. The van der Waals surface area contributed by atoms with Gasteiger partial charge in [0, 0.05) is 0 Å². The first kappa shape index (κ1) is 39.0. The van der Waals surface area contributed by atoms with E-state index in [0.717, 1.165) is 44.5 Å². The van der Waals surface area contributed by atoms with Crippen molar-refractivity contribution >= 4 is 17.2 Å². The minimum Gasteiger partial charge on any atom is -0.395 e. The average Bonchev–Trinajstić information content (AvgIpc) is 3.19. The first-order valence-electron chi connectivity index (χ1n) is 16.3. The van der Waals surface area contributed by atoms with Crippen molar-refractivity contribution in [2.45, 2.75) is 5.60 Å². The maximum atomic E-state index is 13.4. The Kier molecular flexibility index (Phi) is 13.5. The zero-order chi connectivity index (χ0) is 37.1. The fraction of sp³-hybridized carbons (Fsp3) is 0.122. The maximum absolute atomic E-state index is 13.4. The third-order valence-electron chi connectivity index (χ3n) is 9.02. The molecule has 0 bridgehead atoms. The Morgan fingerprint density at radius 1 is 0.404 bits per heavy atom. The minimum absolute atomic E-state index is 0.468. The third kappa shape index (κ3) is 8.54. The van der Waals surface area contributed by atoms with Crippen molar-refractivity contribution in [3.8, 4) is 44.5 Å². The lowest BCUT2D eigenvalue weighted by Crippen LogP contribution is -2.54. The van der Waals surface area contributed by atoms with Crippen LogP contribution in [0.1, 0.15) is 11.1 Å². The Morgan fingerprint density at radius 2 is 0.712 bits per heavy atom. The fourth-order valence-corrected chi connectivity index (χ4v) is 6.85.